The maximum Gasteiger partial charge on any atom is 0.243 e. The number of thiophene rings is 1. The van der Waals surface area contributed by atoms with Gasteiger partial charge in [-0.2, -0.15) is 0 Å². The van der Waals surface area contributed by atoms with Gasteiger partial charge in [0, 0.05) is 4.88 Å². The number of benzene rings is 2. The van der Waals surface area contributed by atoms with Gasteiger partial charge in [0.2, 0.25) is 11.8 Å². The highest BCUT2D eigenvalue weighted by molar-refractivity contribution is 7.16. The van der Waals surface area contributed by atoms with Gasteiger partial charge in [-0.15, -0.1) is 11.3 Å². The fraction of sp³-hybridized carbons (Fsp3) is 0.273. The molecule has 2 aromatic carbocycles. The highest BCUT2D eigenvalue weighted by Gasteiger charge is 2.24. The molecular formula is C22H23ClN2O2S. The predicted octanol–water partition coefficient (Wildman–Crippen LogP) is 4.55. The van der Waals surface area contributed by atoms with E-state index in [1.807, 2.05) is 62.4 Å². The number of amides is 2. The molecule has 3 rings (SSSR count). The maximum atomic E-state index is 12.6. The molecule has 0 aliphatic rings. The Labute approximate surface area is 173 Å². The van der Waals surface area contributed by atoms with Gasteiger partial charge in [0.05, 0.1) is 17.3 Å². The smallest absolute Gasteiger partial charge is 0.243 e. The van der Waals surface area contributed by atoms with E-state index in [1.54, 1.807) is 6.07 Å². The molecule has 0 spiro atoms. The molecule has 1 aromatic heterocycles. The van der Waals surface area contributed by atoms with Gasteiger partial charge in [0.25, 0.3) is 0 Å². The van der Waals surface area contributed by atoms with Crippen molar-refractivity contribution < 1.29 is 9.59 Å². The summed E-state index contributed by atoms with van der Waals surface area (Å²) >= 11 is 7.35. The Morgan fingerprint density at radius 3 is 2.46 bits per heavy atom. The number of carbonyl (C=O) groups excluding carboxylic acids is 2. The minimum atomic E-state index is -0.580. The lowest BCUT2D eigenvalue weighted by Crippen LogP contribution is -2.49. The standard InChI is InChI=1S/C22H23ClN2O2S/c1-14(2)21(22(27)24-13-18-9-10-19(23)28-18)25-20(26)12-15-7-8-16-5-3-4-6-17(16)11-15/h3-11,14,21H,12-13H2,1-2H3,(H,24,27)(H,25,26). The molecule has 1 heterocycles. The highest BCUT2D eigenvalue weighted by Crippen LogP contribution is 2.21. The average Bonchev–Trinajstić information content (AvgIpc) is 3.09. The minimum absolute atomic E-state index is 0.0209. The summed E-state index contributed by atoms with van der Waals surface area (Å²) in [6, 6.07) is 17.1. The third-order valence-corrected chi connectivity index (χ3v) is 5.74. The Morgan fingerprint density at radius 2 is 1.79 bits per heavy atom. The van der Waals surface area contributed by atoms with E-state index in [-0.39, 0.29) is 24.2 Å². The zero-order valence-corrected chi connectivity index (χ0v) is 17.4. The van der Waals surface area contributed by atoms with Crippen LogP contribution in [0.5, 0.6) is 0 Å². The Hall–Kier alpha value is -2.37. The van der Waals surface area contributed by atoms with Gasteiger partial charge in [-0.05, 0) is 34.4 Å². The molecule has 0 aliphatic heterocycles. The predicted molar refractivity (Wildman–Crippen MR) is 116 cm³/mol. The number of fused-ring (bicyclic) bond motifs is 1. The summed E-state index contributed by atoms with van der Waals surface area (Å²) in [5.41, 5.74) is 0.923. The molecule has 146 valence electrons. The van der Waals surface area contributed by atoms with Crippen LogP contribution in [-0.4, -0.2) is 17.9 Å². The molecule has 6 heteroatoms. The van der Waals surface area contributed by atoms with E-state index in [0.717, 1.165) is 21.2 Å². The summed E-state index contributed by atoms with van der Waals surface area (Å²) in [4.78, 5) is 26.1. The first-order valence-corrected chi connectivity index (χ1v) is 10.4. The first-order valence-electron chi connectivity index (χ1n) is 9.21. The van der Waals surface area contributed by atoms with E-state index in [2.05, 4.69) is 10.6 Å². The molecule has 1 unspecified atom stereocenters. The van der Waals surface area contributed by atoms with Crippen molar-refractivity contribution in [3.63, 3.8) is 0 Å². The second-order valence-corrected chi connectivity index (χ2v) is 8.87. The number of halogens is 1. The summed E-state index contributed by atoms with van der Waals surface area (Å²) in [6.45, 7) is 4.24. The molecule has 0 saturated carbocycles. The van der Waals surface area contributed by atoms with Gasteiger partial charge in [0.1, 0.15) is 6.04 Å². The quantitative estimate of drug-likeness (QED) is 0.595. The fourth-order valence-electron chi connectivity index (χ4n) is 3.02. The van der Waals surface area contributed by atoms with Crippen molar-refractivity contribution in [1.82, 2.24) is 10.6 Å². The van der Waals surface area contributed by atoms with Gasteiger partial charge in [-0.25, -0.2) is 0 Å². The fourth-order valence-corrected chi connectivity index (χ4v) is 4.05. The largest absolute Gasteiger partial charge is 0.349 e. The lowest BCUT2D eigenvalue weighted by Gasteiger charge is -2.21. The summed E-state index contributed by atoms with van der Waals surface area (Å²) in [5.74, 6) is -0.373. The van der Waals surface area contributed by atoms with Crippen molar-refractivity contribution in [2.24, 2.45) is 5.92 Å². The van der Waals surface area contributed by atoms with E-state index in [9.17, 15) is 9.59 Å². The number of carbonyl (C=O) groups is 2. The Balaban J connectivity index is 1.60. The molecule has 3 aromatic rings. The number of hydrogen-bond acceptors (Lipinski definition) is 3. The molecule has 28 heavy (non-hydrogen) atoms. The van der Waals surface area contributed by atoms with Gasteiger partial charge in [0.15, 0.2) is 0 Å². The van der Waals surface area contributed by atoms with Crippen molar-refractivity contribution in [2.45, 2.75) is 32.9 Å². The van der Waals surface area contributed by atoms with Crippen LogP contribution >= 0.6 is 22.9 Å². The first kappa shape index (κ1) is 20.4. The van der Waals surface area contributed by atoms with Crippen molar-refractivity contribution in [3.05, 3.63) is 69.4 Å². The van der Waals surface area contributed by atoms with Crippen LogP contribution in [0, 0.1) is 5.92 Å². The van der Waals surface area contributed by atoms with Crippen LogP contribution < -0.4 is 10.6 Å². The van der Waals surface area contributed by atoms with Crippen LogP contribution in [-0.2, 0) is 22.6 Å². The van der Waals surface area contributed by atoms with E-state index in [0.29, 0.717) is 10.9 Å². The zero-order chi connectivity index (χ0) is 20.1. The van der Waals surface area contributed by atoms with E-state index in [4.69, 9.17) is 11.6 Å². The van der Waals surface area contributed by atoms with Crippen molar-refractivity contribution in [3.8, 4) is 0 Å². The summed E-state index contributed by atoms with van der Waals surface area (Å²) < 4.78 is 0.688. The summed E-state index contributed by atoms with van der Waals surface area (Å²) in [7, 11) is 0. The van der Waals surface area contributed by atoms with Crippen LogP contribution in [0.1, 0.15) is 24.3 Å². The maximum absolute atomic E-state index is 12.6. The minimum Gasteiger partial charge on any atom is -0.349 e. The lowest BCUT2D eigenvalue weighted by molar-refractivity contribution is -0.129. The normalized spacial score (nSPS) is 12.1. The van der Waals surface area contributed by atoms with Gasteiger partial charge >= 0.3 is 0 Å². The molecule has 1 atom stereocenters. The molecule has 0 bridgehead atoms. The molecule has 2 amide bonds. The van der Waals surface area contributed by atoms with E-state index in [1.165, 1.54) is 11.3 Å². The lowest BCUT2D eigenvalue weighted by atomic mass is 10.0. The molecular weight excluding hydrogens is 392 g/mol. The number of nitrogens with one attached hydrogen (secondary N) is 2. The van der Waals surface area contributed by atoms with Crippen molar-refractivity contribution in [2.75, 3.05) is 0 Å². The van der Waals surface area contributed by atoms with Crippen LogP contribution in [0.2, 0.25) is 4.34 Å². The number of hydrogen-bond donors (Lipinski definition) is 2. The van der Waals surface area contributed by atoms with Crippen LogP contribution in [0.25, 0.3) is 10.8 Å². The molecule has 0 aliphatic carbocycles. The summed E-state index contributed by atoms with van der Waals surface area (Å²) in [6.07, 6.45) is 0.238. The van der Waals surface area contributed by atoms with Crippen molar-refractivity contribution in [1.29, 1.82) is 0 Å². The highest BCUT2D eigenvalue weighted by atomic mass is 35.5. The average molecular weight is 415 g/mol. The Bertz CT molecular complexity index is 983. The van der Waals surface area contributed by atoms with Gasteiger partial charge in [-0.3, -0.25) is 9.59 Å². The Kier molecular flexibility index (Phi) is 6.70. The molecule has 0 radical (unpaired) electrons. The summed E-state index contributed by atoms with van der Waals surface area (Å²) in [5, 5.41) is 8.00. The van der Waals surface area contributed by atoms with E-state index < -0.39 is 6.04 Å². The second-order valence-electron chi connectivity index (χ2n) is 7.07. The van der Waals surface area contributed by atoms with Crippen LogP contribution in [0.3, 0.4) is 0 Å². The second kappa shape index (κ2) is 9.22. The molecule has 0 fully saturated rings. The van der Waals surface area contributed by atoms with Crippen molar-refractivity contribution >= 4 is 45.5 Å². The van der Waals surface area contributed by atoms with E-state index >= 15 is 0 Å². The van der Waals surface area contributed by atoms with Crippen LogP contribution in [0.15, 0.2) is 54.6 Å². The SMILES string of the molecule is CC(C)C(NC(=O)Cc1ccc2ccccc2c1)C(=O)NCc1ccc(Cl)s1. The molecule has 2 N–H and O–H groups in total. The topological polar surface area (TPSA) is 58.2 Å². The molecule has 4 nitrogen and oxygen atoms in total. The Morgan fingerprint density at radius 1 is 1.04 bits per heavy atom. The van der Waals surface area contributed by atoms with Gasteiger partial charge in [-0.1, -0.05) is 67.9 Å². The zero-order valence-electron chi connectivity index (χ0n) is 15.9. The number of rotatable bonds is 7. The third-order valence-electron chi connectivity index (χ3n) is 4.51. The van der Waals surface area contributed by atoms with Crippen LogP contribution in [0.4, 0.5) is 0 Å². The monoisotopic (exact) mass is 414 g/mol. The van der Waals surface area contributed by atoms with Gasteiger partial charge < -0.3 is 10.6 Å². The first-order chi connectivity index (χ1) is 13.4. The third kappa shape index (κ3) is 5.33. The molecule has 0 saturated heterocycles.